The second-order valence-electron chi connectivity index (χ2n) is 6.48. The minimum absolute atomic E-state index is 0.0583. The van der Waals surface area contributed by atoms with Crippen molar-refractivity contribution in [1.82, 2.24) is 4.90 Å². The minimum atomic E-state index is -1.05. The molecule has 148 valence electrons. The van der Waals surface area contributed by atoms with Crippen LogP contribution in [0.1, 0.15) is 12.0 Å². The van der Waals surface area contributed by atoms with Crippen LogP contribution < -0.4 is 14.8 Å². The van der Waals surface area contributed by atoms with Gasteiger partial charge in [-0.3, -0.25) is 9.59 Å². The summed E-state index contributed by atoms with van der Waals surface area (Å²) in [6.45, 7) is 0.566. The van der Waals surface area contributed by atoms with Gasteiger partial charge in [-0.25, -0.2) is 8.78 Å². The zero-order chi connectivity index (χ0) is 20.3. The lowest BCUT2D eigenvalue weighted by Gasteiger charge is -2.18. The lowest BCUT2D eigenvalue weighted by Crippen LogP contribution is -2.28. The Hall–Kier alpha value is -3.16. The van der Waals surface area contributed by atoms with Crippen molar-refractivity contribution in [3.63, 3.8) is 0 Å². The van der Waals surface area contributed by atoms with Gasteiger partial charge >= 0.3 is 0 Å². The van der Waals surface area contributed by atoms with Gasteiger partial charge in [0.1, 0.15) is 0 Å². The molecule has 2 aromatic rings. The van der Waals surface area contributed by atoms with Crippen molar-refractivity contribution in [3.05, 3.63) is 53.6 Å². The number of anilines is 1. The van der Waals surface area contributed by atoms with E-state index in [9.17, 15) is 18.4 Å². The van der Waals surface area contributed by atoms with Crippen molar-refractivity contribution in [2.75, 3.05) is 26.1 Å². The van der Waals surface area contributed by atoms with Gasteiger partial charge in [0.2, 0.25) is 11.8 Å². The first kappa shape index (κ1) is 19.6. The normalized spacial score (nSPS) is 16.2. The van der Waals surface area contributed by atoms with Crippen molar-refractivity contribution < 1.29 is 27.8 Å². The van der Waals surface area contributed by atoms with Crippen LogP contribution in [0.5, 0.6) is 11.5 Å². The monoisotopic (exact) mass is 390 g/mol. The quantitative estimate of drug-likeness (QED) is 0.824. The van der Waals surface area contributed by atoms with Gasteiger partial charge in [-0.1, -0.05) is 6.07 Å². The third-order valence-electron chi connectivity index (χ3n) is 4.59. The summed E-state index contributed by atoms with van der Waals surface area (Å²) in [4.78, 5) is 26.3. The fraction of sp³-hybridized carbons (Fsp3) is 0.300. The van der Waals surface area contributed by atoms with Crippen LogP contribution in [0.2, 0.25) is 0 Å². The van der Waals surface area contributed by atoms with E-state index in [4.69, 9.17) is 9.47 Å². The highest BCUT2D eigenvalue weighted by atomic mass is 19.2. The van der Waals surface area contributed by atoms with Crippen LogP contribution in [-0.2, 0) is 16.1 Å². The Kier molecular flexibility index (Phi) is 5.77. The Balaban J connectivity index is 1.64. The van der Waals surface area contributed by atoms with Gasteiger partial charge in [0, 0.05) is 31.3 Å². The largest absolute Gasteiger partial charge is 0.493 e. The highest BCUT2D eigenvalue weighted by Crippen LogP contribution is 2.29. The molecule has 1 fully saturated rings. The van der Waals surface area contributed by atoms with Crippen LogP contribution in [0, 0.1) is 17.6 Å². The molecular weight excluding hydrogens is 370 g/mol. The van der Waals surface area contributed by atoms with E-state index in [1.807, 2.05) is 6.07 Å². The van der Waals surface area contributed by atoms with E-state index in [0.717, 1.165) is 17.7 Å². The van der Waals surface area contributed by atoms with Gasteiger partial charge in [0.25, 0.3) is 0 Å². The number of nitrogens with one attached hydrogen (secondary N) is 1. The number of likely N-dealkylation sites (tertiary alicyclic amines) is 1. The average molecular weight is 390 g/mol. The van der Waals surface area contributed by atoms with E-state index in [1.165, 1.54) is 20.3 Å². The number of hydrogen-bond acceptors (Lipinski definition) is 4. The van der Waals surface area contributed by atoms with Crippen LogP contribution in [0.4, 0.5) is 14.5 Å². The summed E-state index contributed by atoms with van der Waals surface area (Å²) in [5, 5.41) is 2.53. The predicted molar refractivity (Wildman–Crippen MR) is 98.1 cm³/mol. The molecule has 1 N–H and O–H groups in total. The van der Waals surface area contributed by atoms with Crippen molar-refractivity contribution >= 4 is 17.5 Å². The summed E-state index contributed by atoms with van der Waals surface area (Å²) in [5.74, 6) is -2.03. The molecule has 28 heavy (non-hydrogen) atoms. The van der Waals surface area contributed by atoms with E-state index in [-0.39, 0.29) is 24.6 Å². The summed E-state index contributed by atoms with van der Waals surface area (Å²) in [6, 6.07) is 8.47. The van der Waals surface area contributed by atoms with Crippen molar-refractivity contribution in [1.29, 1.82) is 0 Å². The smallest absolute Gasteiger partial charge is 0.229 e. The maximum Gasteiger partial charge on any atom is 0.229 e. The first-order valence-electron chi connectivity index (χ1n) is 8.66. The second kappa shape index (κ2) is 8.24. The summed E-state index contributed by atoms with van der Waals surface area (Å²) < 4.78 is 36.7. The Bertz CT molecular complexity index is 904. The molecule has 1 saturated heterocycles. The van der Waals surface area contributed by atoms with E-state index in [0.29, 0.717) is 18.0 Å². The van der Waals surface area contributed by atoms with Gasteiger partial charge in [-0.15, -0.1) is 0 Å². The van der Waals surface area contributed by atoms with Crippen LogP contribution in [0.3, 0.4) is 0 Å². The third-order valence-corrected chi connectivity index (χ3v) is 4.59. The minimum Gasteiger partial charge on any atom is -0.493 e. The van der Waals surface area contributed by atoms with Crippen LogP contribution in [0.15, 0.2) is 36.4 Å². The molecule has 2 amide bonds. The topological polar surface area (TPSA) is 67.9 Å². The van der Waals surface area contributed by atoms with Gasteiger partial charge in [0.05, 0.1) is 20.1 Å². The highest BCUT2D eigenvalue weighted by molar-refractivity contribution is 5.97. The molecule has 8 heteroatoms. The summed E-state index contributed by atoms with van der Waals surface area (Å²) >= 11 is 0. The highest BCUT2D eigenvalue weighted by Gasteiger charge is 2.34. The number of methoxy groups -OCH3 is 2. The molecule has 0 saturated carbocycles. The number of amides is 2. The molecule has 1 aliphatic heterocycles. The summed E-state index contributed by atoms with van der Waals surface area (Å²) in [6.07, 6.45) is 0.0583. The number of nitrogens with zero attached hydrogens (tertiary/aromatic N) is 1. The molecule has 1 atom stereocenters. The van der Waals surface area contributed by atoms with Crippen LogP contribution >= 0.6 is 0 Å². The van der Waals surface area contributed by atoms with Gasteiger partial charge in [-0.05, 0) is 29.8 Å². The molecule has 1 aliphatic rings. The number of hydrogen-bond donors (Lipinski definition) is 1. The Morgan fingerprint density at radius 1 is 1.11 bits per heavy atom. The zero-order valence-corrected chi connectivity index (χ0v) is 15.5. The van der Waals surface area contributed by atoms with E-state index >= 15 is 0 Å². The van der Waals surface area contributed by atoms with Crippen molar-refractivity contribution in [2.24, 2.45) is 5.92 Å². The first-order chi connectivity index (χ1) is 13.4. The molecule has 0 aromatic heterocycles. The molecule has 0 aliphatic carbocycles. The molecule has 1 heterocycles. The molecule has 0 spiro atoms. The first-order valence-corrected chi connectivity index (χ1v) is 8.66. The summed E-state index contributed by atoms with van der Waals surface area (Å²) in [7, 11) is 3.07. The molecule has 0 radical (unpaired) electrons. The number of carbonyl (C=O) groups is 2. The second-order valence-corrected chi connectivity index (χ2v) is 6.48. The van der Waals surface area contributed by atoms with Crippen LogP contribution in [-0.4, -0.2) is 37.5 Å². The zero-order valence-electron chi connectivity index (χ0n) is 15.5. The average Bonchev–Trinajstić information content (AvgIpc) is 3.05. The number of ether oxygens (including phenoxy) is 2. The van der Waals surface area contributed by atoms with Gasteiger partial charge in [-0.2, -0.15) is 0 Å². The lowest BCUT2D eigenvalue weighted by atomic mass is 10.1. The Morgan fingerprint density at radius 3 is 2.54 bits per heavy atom. The molecule has 6 nitrogen and oxygen atoms in total. The molecular formula is C20H20F2N2O4. The fourth-order valence-electron chi connectivity index (χ4n) is 3.12. The van der Waals surface area contributed by atoms with Gasteiger partial charge < -0.3 is 19.7 Å². The van der Waals surface area contributed by atoms with Crippen LogP contribution in [0.25, 0.3) is 0 Å². The maximum absolute atomic E-state index is 13.3. The van der Waals surface area contributed by atoms with Crippen molar-refractivity contribution in [2.45, 2.75) is 13.0 Å². The van der Waals surface area contributed by atoms with E-state index in [1.54, 1.807) is 17.0 Å². The standard InChI is InChI=1S/C20H20F2N2O4/c1-27-17-6-3-12(7-18(17)28-2)10-24-11-13(8-19(24)25)20(26)23-14-4-5-15(21)16(22)9-14/h3-7,9,13H,8,10-11H2,1-2H3,(H,23,26). The van der Waals surface area contributed by atoms with E-state index in [2.05, 4.69) is 5.32 Å². The fourth-order valence-corrected chi connectivity index (χ4v) is 3.12. The molecule has 1 unspecified atom stereocenters. The maximum atomic E-state index is 13.3. The van der Waals surface area contributed by atoms with Gasteiger partial charge in [0.15, 0.2) is 23.1 Å². The SMILES string of the molecule is COc1ccc(CN2CC(C(=O)Nc3ccc(F)c(F)c3)CC2=O)cc1OC. The number of rotatable bonds is 6. The third kappa shape index (κ3) is 4.21. The number of carbonyl (C=O) groups excluding carboxylic acids is 2. The predicted octanol–water partition coefficient (Wildman–Crippen LogP) is 2.97. The Morgan fingerprint density at radius 2 is 1.86 bits per heavy atom. The Labute approximate surface area is 161 Å². The lowest BCUT2D eigenvalue weighted by molar-refractivity contribution is -0.128. The molecule has 3 rings (SSSR count). The molecule has 0 bridgehead atoms. The number of benzene rings is 2. The number of halogens is 2. The van der Waals surface area contributed by atoms with Crippen molar-refractivity contribution in [3.8, 4) is 11.5 Å². The van der Waals surface area contributed by atoms with E-state index < -0.39 is 23.5 Å². The molecule has 2 aromatic carbocycles. The summed E-state index contributed by atoms with van der Waals surface area (Å²) in [5.41, 5.74) is 0.988.